The van der Waals surface area contributed by atoms with Gasteiger partial charge in [0.1, 0.15) is 17.3 Å². The number of ether oxygens (including phenoxy) is 1. The first-order valence-corrected chi connectivity index (χ1v) is 10.7. The Hall–Kier alpha value is -4.00. The van der Waals surface area contributed by atoms with Crippen LogP contribution < -0.4 is 4.74 Å². The fraction of sp³-hybridized carbons (Fsp3) is 0.192. The molecule has 166 valence electrons. The van der Waals surface area contributed by atoms with Crippen LogP contribution in [0.25, 0.3) is 5.76 Å². The van der Waals surface area contributed by atoms with E-state index in [-0.39, 0.29) is 17.9 Å². The second-order valence-corrected chi connectivity index (χ2v) is 8.11. The van der Waals surface area contributed by atoms with E-state index in [0.717, 1.165) is 29.7 Å². The molecule has 0 spiro atoms. The third-order valence-electron chi connectivity index (χ3n) is 5.98. The average Bonchev–Trinajstić information content (AvgIpc) is 3.09. The van der Waals surface area contributed by atoms with Crippen LogP contribution >= 0.6 is 0 Å². The number of aryl methyl sites for hydroxylation is 1. The van der Waals surface area contributed by atoms with Crippen LogP contribution in [0.15, 0.2) is 72.6 Å². The van der Waals surface area contributed by atoms with Crippen LogP contribution in [0.1, 0.15) is 34.7 Å². The van der Waals surface area contributed by atoms with Crippen molar-refractivity contribution in [3.63, 3.8) is 0 Å². The number of ketones is 1. The second-order valence-electron chi connectivity index (χ2n) is 8.11. The highest BCUT2D eigenvalue weighted by Gasteiger charge is 2.46. The number of fused-ring (bicyclic) bond motifs is 1. The monoisotopic (exact) mass is 444 g/mol. The van der Waals surface area contributed by atoms with Crippen LogP contribution in [0.4, 0.5) is 4.39 Å². The number of nitrogens with zero attached hydrogens (tertiary/aromatic N) is 2. The van der Waals surface area contributed by atoms with E-state index >= 15 is 0 Å². The number of halogens is 1. The molecule has 2 aliphatic rings. The summed E-state index contributed by atoms with van der Waals surface area (Å²) in [6.45, 7) is 0.762. The first-order chi connectivity index (χ1) is 16.0. The van der Waals surface area contributed by atoms with Gasteiger partial charge in [0.2, 0.25) is 0 Å². The quantitative estimate of drug-likeness (QED) is 0.371. The minimum atomic E-state index is -0.863. The van der Waals surface area contributed by atoms with E-state index in [1.807, 2.05) is 0 Å². The zero-order chi connectivity index (χ0) is 22.9. The minimum absolute atomic E-state index is 0.0211. The number of benzene rings is 2. The van der Waals surface area contributed by atoms with Gasteiger partial charge in [0.05, 0.1) is 18.2 Å². The predicted octanol–water partition coefficient (Wildman–Crippen LogP) is 4.17. The number of rotatable bonds is 4. The molecule has 1 N–H and O–H groups in total. The maximum atomic E-state index is 13.6. The summed E-state index contributed by atoms with van der Waals surface area (Å²) in [5.74, 6) is -1.44. The fourth-order valence-corrected chi connectivity index (χ4v) is 4.39. The van der Waals surface area contributed by atoms with Crippen molar-refractivity contribution in [1.82, 2.24) is 9.88 Å². The first-order valence-electron chi connectivity index (χ1n) is 10.7. The van der Waals surface area contributed by atoms with E-state index < -0.39 is 23.5 Å². The predicted molar refractivity (Wildman–Crippen MR) is 119 cm³/mol. The van der Waals surface area contributed by atoms with Gasteiger partial charge in [-0.3, -0.25) is 14.6 Å². The molecule has 7 heteroatoms. The molecule has 3 heterocycles. The van der Waals surface area contributed by atoms with Crippen molar-refractivity contribution in [3.05, 3.63) is 101 Å². The summed E-state index contributed by atoms with van der Waals surface area (Å²) in [5.41, 5.74) is 2.62. The Morgan fingerprint density at radius 3 is 2.73 bits per heavy atom. The minimum Gasteiger partial charge on any atom is -0.507 e. The lowest BCUT2D eigenvalue weighted by Crippen LogP contribution is -2.29. The number of amides is 1. The molecule has 3 aromatic rings. The number of pyridine rings is 1. The Balaban J connectivity index is 1.63. The van der Waals surface area contributed by atoms with E-state index in [1.165, 1.54) is 29.2 Å². The second kappa shape index (κ2) is 8.50. The van der Waals surface area contributed by atoms with Crippen molar-refractivity contribution in [2.75, 3.05) is 6.61 Å². The van der Waals surface area contributed by atoms with E-state index in [0.29, 0.717) is 17.7 Å². The number of Topliss-reactive ketones (excluding diaryl/α,β-unsaturated/α-hetero) is 1. The van der Waals surface area contributed by atoms with Crippen LogP contribution in [-0.4, -0.2) is 33.3 Å². The third-order valence-corrected chi connectivity index (χ3v) is 5.98. The van der Waals surface area contributed by atoms with Gasteiger partial charge in [0.15, 0.2) is 0 Å². The van der Waals surface area contributed by atoms with Gasteiger partial charge < -0.3 is 14.7 Å². The van der Waals surface area contributed by atoms with Crippen molar-refractivity contribution in [1.29, 1.82) is 0 Å². The highest BCUT2D eigenvalue weighted by atomic mass is 19.1. The molecule has 0 bridgehead atoms. The maximum Gasteiger partial charge on any atom is 0.295 e. The molecule has 1 amide bonds. The Kier molecular flexibility index (Phi) is 5.38. The summed E-state index contributed by atoms with van der Waals surface area (Å²) in [7, 11) is 0. The molecule has 1 atom stereocenters. The van der Waals surface area contributed by atoms with Gasteiger partial charge in [0.25, 0.3) is 11.7 Å². The summed E-state index contributed by atoms with van der Waals surface area (Å²) in [6, 6.07) is 13.5. The highest BCUT2D eigenvalue weighted by Crippen LogP contribution is 2.41. The topological polar surface area (TPSA) is 79.7 Å². The normalized spacial score (nSPS) is 19.3. The Bertz CT molecular complexity index is 1260. The molecule has 5 rings (SSSR count). The molecular formula is C26H21FN2O4. The molecule has 1 fully saturated rings. The lowest BCUT2D eigenvalue weighted by molar-refractivity contribution is -0.140. The van der Waals surface area contributed by atoms with E-state index in [9.17, 15) is 19.1 Å². The number of aliphatic hydroxyl groups excluding tert-OH is 1. The van der Waals surface area contributed by atoms with Crippen molar-refractivity contribution in [3.8, 4) is 5.75 Å². The lowest BCUT2D eigenvalue weighted by atomic mass is 9.94. The van der Waals surface area contributed by atoms with E-state index in [1.54, 1.807) is 42.7 Å². The number of aliphatic hydroxyl groups is 1. The molecule has 1 unspecified atom stereocenters. The molecule has 2 aromatic carbocycles. The molecule has 33 heavy (non-hydrogen) atoms. The van der Waals surface area contributed by atoms with Crippen LogP contribution in [0, 0.1) is 5.82 Å². The number of carbonyl (C=O) groups excluding carboxylic acids is 2. The first kappa shape index (κ1) is 20.9. The van der Waals surface area contributed by atoms with Gasteiger partial charge in [-0.25, -0.2) is 4.39 Å². The standard InChI is InChI=1S/C26H21FN2O4/c27-20-8-5-17(6-9-20)23-22(24(30)19-7-10-21-18(13-19)4-2-12-33-21)25(31)26(32)29(23)15-16-3-1-11-28-14-16/h1,3,5-11,13-14,23,30H,2,4,12,15H2/b24-22-. The van der Waals surface area contributed by atoms with Crippen molar-refractivity contribution >= 4 is 17.4 Å². The number of hydrogen-bond acceptors (Lipinski definition) is 5. The van der Waals surface area contributed by atoms with Crippen LogP contribution in [0.3, 0.4) is 0 Å². The molecule has 1 aromatic heterocycles. The van der Waals surface area contributed by atoms with Crippen LogP contribution in [0.2, 0.25) is 0 Å². The molecule has 0 aliphatic carbocycles. The molecule has 6 nitrogen and oxygen atoms in total. The van der Waals surface area contributed by atoms with Crippen LogP contribution in [-0.2, 0) is 22.6 Å². The van der Waals surface area contributed by atoms with Gasteiger partial charge in [-0.2, -0.15) is 0 Å². The van der Waals surface area contributed by atoms with Gasteiger partial charge >= 0.3 is 0 Å². The van der Waals surface area contributed by atoms with Gasteiger partial charge in [-0.05, 0) is 65.9 Å². The maximum absolute atomic E-state index is 13.6. The zero-order valence-electron chi connectivity index (χ0n) is 17.7. The number of likely N-dealkylation sites (tertiary alicyclic amines) is 1. The largest absolute Gasteiger partial charge is 0.507 e. The van der Waals surface area contributed by atoms with Gasteiger partial charge in [-0.15, -0.1) is 0 Å². The fourth-order valence-electron chi connectivity index (χ4n) is 4.39. The summed E-state index contributed by atoms with van der Waals surface area (Å²) in [4.78, 5) is 31.7. The Morgan fingerprint density at radius 1 is 1.15 bits per heavy atom. The molecule has 1 saturated heterocycles. The summed E-state index contributed by atoms with van der Waals surface area (Å²) in [6.07, 6.45) is 4.90. The molecule has 2 aliphatic heterocycles. The third kappa shape index (κ3) is 3.86. The van der Waals surface area contributed by atoms with E-state index in [4.69, 9.17) is 4.74 Å². The Labute approximate surface area is 190 Å². The molecule has 0 radical (unpaired) electrons. The van der Waals surface area contributed by atoms with E-state index in [2.05, 4.69) is 4.98 Å². The summed E-state index contributed by atoms with van der Waals surface area (Å²) >= 11 is 0. The average molecular weight is 444 g/mol. The highest BCUT2D eigenvalue weighted by molar-refractivity contribution is 6.46. The molecule has 0 saturated carbocycles. The SMILES string of the molecule is O=C1C(=O)N(Cc2cccnc2)C(c2ccc(F)cc2)/C1=C(/O)c1ccc2c(c1)CCCO2. The smallest absolute Gasteiger partial charge is 0.295 e. The number of carbonyl (C=O) groups is 2. The Morgan fingerprint density at radius 2 is 1.97 bits per heavy atom. The molecular weight excluding hydrogens is 423 g/mol. The van der Waals surface area contributed by atoms with Crippen molar-refractivity contribution in [2.24, 2.45) is 0 Å². The lowest BCUT2D eigenvalue weighted by Gasteiger charge is -2.25. The van der Waals surface area contributed by atoms with Gasteiger partial charge in [-0.1, -0.05) is 18.2 Å². The summed E-state index contributed by atoms with van der Waals surface area (Å²) in [5, 5.41) is 11.2. The van der Waals surface area contributed by atoms with Gasteiger partial charge in [0, 0.05) is 24.5 Å². The van der Waals surface area contributed by atoms with Crippen LogP contribution in [0.5, 0.6) is 5.75 Å². The number of aromatic nitrogens is 1. The van der Waals surface area contributed by atoms with Crippen molar-refractivity contribution < 1.29 is 23.8 Å². The van der Waals surface area contributed by atoms with Crippen molar-refractivity contribution in [2.45, 2.75) is 25.4 Å². The zero-order valence-corrected chi connectivity index (χ0v) is 17.7. The summed E-state index contributed by atoms with van der Waals surface area (Å²) < 4.78 is 19.3. The number of hydrogen-bond donors (Lipinski definition) is 1.